The van der Waals surface area contributed by atoms with Crippen LogP contribution in [0.4, 0.5) is 11.4 Å². The van der Waals surface area contributed by atoms with Gasteiger partial charge in [0, 0.05) is 19.2 Å². The second-order valence-corrected chi connectivity index (χ2v) is 4.94. The lowest BCUT2D eigenvalue weighted by Crippen LogP contribution is -2.38. The van der Waals surface area contributed by atoms with Gasteiger partial charge < -0.3 is 10.6 Å². The largest absolute Gasteiger partial charge is 0.366 e. The number of nitrogens with zero attached hydrogens (tertiary/aromatic N) is 2. The molecule has 1 aliphatic rings. The van der Waals surface area contributed by atoms with Crippen LogP contribution in [0.25, 0.3) is 0 Å². The van der Waals surface area contributed by atoms with Crippen LogP contribution in [0, 0.1) is 23.0 Å². The molecule has 18 heavy (non-hydrogen) atoms. The van der Waals surface area contributed by atoms with Crippen LogP contribution in [0.3, 0.4) is 0 Å². The number of piperidine rings is 1. The third-order valence-corrected chi connectivity index (χ3v) is 3.52. The van der Waals surface area contributed by atoms with Gasteiger partial charge in [-0.3, -0.25) is 10.1 Å². The van der Waals surface area contributed by atoms with Crippen molar-refractivity contribution in [1.29, 1.82) is 0 Å². The van der Waals surface area contributed by atoms with Crippen LogP contribution in [0.15, 0.2) is 18.2 Å². The second kappa shape index (κ2) is 5.35. The number of hydrogen-bond acceptors (Lipinski definition) is 4. The Morgan fingerprint density at radius 2 is 2.33 bits per heavy atom. The highest BCUT2D eigenvalue weighted by Gasteiger charge is 2.24. The van der Waals surface area contributed by atoms with E-state index in [1.807, 2.05) is 13.0 Å². The Labute approximate surface area is 107 Å². The maximum absolute atomic E-state index is 11.1. The fourth-order valence-electron chi connectivity index (χ4n) is 2.52. The second-order valence-electron chi connectivity index (χ2n) is 4.94. The maximum atomic E-state index is 11.1. The third-order valence-electron chi connectivity index (χ3n) is 3.52. The molecule has 0 amide bonds. The molecular weight excluding hydrogens is 230 g/mol. The molecule has 0 bridgehead atoms. The first kappa shape index (κ1) is 12.8. The maximum Gasteiger partial charge on any atom is 0.292 e. The van der Waals surface area contributed by atoms with Crippen molar-refractivity contribution >= 4 is 11.4 Å². The summed E-state index contributed by atoms with van der Waals surface area (Å²) >= 11 is 0. The number of aryl methyl sites for hydroxylation is 1. The van der Waals surface area contributed by atoms with Crippen LogP contribution in [-0.2, 0) is 0 Å². The monoisotopic (exact) mass is 249 g/mol. The van der Waals surface area contributed by atoms with E-state index in [2.05, 4.69) is 4.90 Å². The number of benzene rings is 1. The molecule has 1 heterocycles. The van der Waals surface area contributed by atoms with E-state index in [1.54, 1.807) is 12.1 Å². The molecule has 0 radical (unpaired) electrons. The van der Waals surface area contributed by atoms with Gasteiger partial charge in [0.1, 0.15) is 5.69 Å². The smallest absolute Gasteiger partial charge is 0.292 e. The Balaban J connectivity index is 2.31. The van der Waals surface area contributed by atoms with Crippen LogP contribution >= 0.6 is 0 Å². The van der Waals surface area contributed by atoms with E-state index in [1.165, 1.54) is 0 Å². The molecule has 0 saturated carbocycles. The topological polar surface area (TPSA) is 72.4 Å². The van der Waals surface area contributed by atoms with E-state index >= 15 is 0 Å². The molecule has 2 rings (SSSR count). The zero-order valence-corrected chi connectivity index (χ0v) is 10.6. The highest BCUT2D eigenvalue weighted by Crippen LogP contribution is 2.32. The van der Waals surface area contributed by atoms with Crippen LogP contribution < -0.4 is 10.6 Å². The normalized spacial score (nSPS) is 19.9. The van der Waals surface area contributed by atoms with Crippen molar-refractivity contribution in [1.82, 2.24) is 0 Å². The Kier molecular flexibility index (Phi) is 3.81. The number of nitro groups is 1. The molecule has 1 saturated heterocycles. The zero-order chi connectivity index (χ0) is 13.1. The molecule has 1 aliphatic heterocycles. The standard InChI is InChI=1S/C13H19N3O2/c1-10-4-5-12(16(17)18)13(7-10)15-6-2-3-11(8-14)9-15/h4-5,7,11H,2-3,6,8-9,14H2,1H3. The van der Waals surface area contributed by atoms with Gasteiger partial charge in [-0.2, -0.15) is 0 Å². The lowest BCUT2D eigenvalue weighted by molar-refractivity contribution is -0.384. The summed E-state index contributed by atoms with van der Waals surface area (Å²) in [5, 5.41) is 11.1. The number of anilines is 1. The van der Waals surface area contributed by atoms with Crippen LogP contribution in [0.1, 0.15) is 18.4 Å². The third kappa shape index (κ3) is 2.61. The van der Waals surface area contributed by atoms with E-state index in [0.29, 0.717) is 12.5 Å². The number of nitrogens with two attached hydrogens (primary N) is 1. The SMILES string of the molecule is Cc1ccc([N+](=O)[O-])c(N2CCCC(CN)C2)c1. The zero-order valence-electron chi connectivity index (χ0n) is 10.6. The molecule has 5 heteroatoms. The molecule has 5 nitrogen and oxygen atoms in total. The molecular formula is C13H19N3O2. The Morgan fingerprint density at radius 1 is 1.56 bits per heavy atom. The molecule has 1 aromatic carbocycles. The highest BCUT2D eigenvalue weighted by molar-refractivity contribution is 5.64. The summed E-state index contributed by atoms with van der Waals surface area (Å²) in [5.74, 6) is 0.443. The molecule has 1 aromatic rings. The number of rotatable bonds is 3. The van der Waals surface area contributed by atoms with Crippen LogP contribution in [0.5, 0.6) is 0 Å². The minimum Gasteiger partial charge on any atom is -0.366 e. The molecule has 1 fully saturated rings. The number of nitro benzene ring substituents is 1. The lowest BCUT2D eigenvalue weighted by Gasteiger charge is -2.33. The summed E-state index contributed by atoms with van der Waals surface area (Å²) in [6.45, 7) is 4.30. The first-order valence-corrected chi connectivity index (χ1v) is 6.32. The predicted molar refractivity (Wildman–Crippen MR) is 71.8 cm³/mol. The average molecular weight is 249 g/mol. The average Bonchev–Trinajstić information content (AvgIpc) is 2.38. The van der Waals surface area contributed by atoms with Crippen molar-refractivity contribution < 1.29 is 4.92 Å². The molecule has 0 spiro atoms. The Hall–Kier alpha value is -1.62. The van der Waals surface area contributed by atoms with E-state index in [4.69, 9.17) is 5.73 Å². The van der Waals surface area contributed by atoms with Gasteiger partial charge in [-0.1, -0.05) is 6.07 Å². The summed E-state index contributed by atoms with van der Waals surface area (Å²) in [4.78, 5) is 12.9. The van der Waals surface area contributed by atoms with Gasteiger partial charge in [0.05, 0.1) is 4.92 Å². The van der Waals surface area contributed by atoms with Crippen molar-refractivity contribution in [2.24, 2.45) is 11.7 Å². The summed E-state index contributed by atoms with van der Waals surface area (Å²) in [6.07, 6.45) is 2.17. The summed E-state index contributed by atoms with van der Waals surface area (Å²) in [7, 11) is 0. The first-order chi connectivity index (χ1) is 8.61. The lowest BCUT2D eigenvalue weighted by atomic mass is 9.97. The minimum absolute atomic E-state index is 0.193. The fraction of sp³-hybridized carbons (Fsp3) is 0.538. The van der Waals surface area contributed by atoms with Gasteiger partial charge >= 0.3 is 0 Å². The van der Waals surface area contributed by atoms with Crippen molar-refractivity contribution in [2.45, 2.75) is 19.8 Å². The van der Waals surface area contributed by atoms with Gasteiger partial charge in [-0.15, -0.1) is 0 Å². The van der Waals surface area contributed by atoms with Gasteiger partial charge in [-0.05, 0) is 43.9 Å². The van der Waals surface area contributed by atoms with Gasteiger partial charge in [0.15, 0.2) is 0 Å². The van der Waals surface area contributed by atoms with Gasteiger partial charge in [0.2, 0.25) is 0 Å². The van der Waals surface area contributed by atoms with E-state index in [0.717, 1.165) is 37.2 Å². The molecule has 2 N–H and O–H groups in total. The fourth-order valence-corrected chi connectivity index (χ4v) is 2.52. The van der Waals surface area contributed by atoms with E-state index < -0.39 is 0 Å². The van der Waals surface area contributed by atoms with Crippen LogP contribution in [-0.4, -0.2) is 24.6 Å². The number of hydrogen-bond donors (Lipinski definition) is 1. The van der Waals surface area contributed by atoms with Crippen molar-refractivity contribution in [3.05, 3.63) is 33.9 Å². The quantitative estimate of drug-likeness (QED) is 0.657. The predicted octanol–water partition coefficient (Wildman–Crippen LogP) is 2.08. The van der Waals surface area contributed by atoms with Crippen molar-refractivity contribution in [2.75, 3.05) is 24.5 Å². The summed E-state index contributed by atoms with van der Waals surface area (Å²) in [6, 6.07) is 5.28. The van der Waals surface area contributed by atoms with Crippen LogP contribution in [0.2, 0.25) is 0 Å². The van der Waals surface area contributed by atoms with Gasteiger partial charge in [-0.25, -0.2) is 0 Å². The van der Waals surface area contributed by atoms with Crippen molar-refractivity contribution in [3.63, 3.8) is 0 Å². The van der Waals surface area contributed by atoms with E-state index in [9.17, 15) is 10.1 Å². The minimum atomic E-state index is -0.305. The van der Waals surface area contributed by atoms with Crippen molar-refractivity contribution in [3.8, 4) is 0 Å². The highest BCUT2D eigenvalue weighted by atomic mass is 16.6. The molecule has 0 aromatic heterocycles. The molecule has 0 aliphatic carbocycles. The Morgan fingerprint density at radius 3 is 3.00 bits per heavy atom. The molecule has 98 valence electrons. The molecule has 1 unspecified atom stereocenters. The first-order valence-electron chi connectivity index (χ1n) is 6.32. The van der Waals surface area contributed by atoms with E-state index in [-0.39, 0.29) is 10.6 Å². The summed E-state index contributed by atoms with van der Waals surface area (Å²) in [5.41, 5.74) is 7.68. The Bertz CT molecular complexity index is 448. The molecule has 1 atom stereocenters. The summed E-state index contributed by atoms with van der Waals surface area (Å²) < 4.78 is 0. The van der Waals surface area contributed by atoms with Gasteiger partial charge in [0.25, 0.3) is 5.69 Å².